The number of hydrogen-bond donors (Lipinski definition) is 1. The maximum absolute atomic E-state index is 11.3. The van der Waals surface area contributed by atoms with Crippen molar-refractivity contribution in [3.8, 4) is 0 Å². The van der Waals surface area contributed by atoms with Crippen molar-refractivity contribution in [3.05, 3.63) is 35.4 Å². The molecule has 1 aliphatic carbocycles. The summed E-state index contributed by atoms with van der Waals surface area (Å²) in [6, 6.07) is 8.58. The number of hydrogen-bond acceptors (Lipinski definition) is 1. The van der Waals surface area contributed by atoms with Gasteiger partial charge in [0.15, 0.2) is 0 Å². The standard InChI is InChI=1S/C15H20ClNO/c1-15(2,10-17-14(18)9-16)13-6-4-3-5-12(13)11-7-8-11/h3-6,11H,7-10H2,1-2H3,(H,17,18). The van der Waals surface area contributed by atoms with Gasteiger partial charge in [0, 0.05) is 12.0 Å². The van der Waals surface area contributed by atoms with Crippen molar-refractivity contribution in [2.75, 3.05) is 12.4 Å². The molecule has 3 heteroatoms. The van der Waals surface area contributed by atoms with Crippen LogP contribution in [-0.4, -0.2) is 18.3 Å². The van der Waals surface area contributed by atoms with Gasteiger partial charge in [-0.25, -0.2) is 0 Å². The number of carbonyl (C=O) groups excluding carboxylic acids is 1. The zero-order chi connectivity index (χ0) is 13.2. The molecule has 1 aromatic carbocycles. The number of amides is 1. The van der Waals surface area contributed by atoms with Gasteiger partial charge in [-0.3, -0.25) is 4.79 Å². The van der Waals surface area contributed by atoms with Crippen LogP contribution in [0, 0.1) is 0 Å². The van der Waals surface area contributed by atoms with Gasteiger partial charge in [0.2, 0.25) is 5.91 Å². The molecule has 1 amide bonds. The number of alkyl halides is 1. The van der Waals surface area contributed by atoms with Crippen molar-refractivity contribution in [3.63, 3.8) is 0 Å². The summed E-state index contributed by atoms with van der Waals surface area (Å²) in [6.45, 7) is 4.97. The van der Waals surface area contributed by atoms with E-state index in [1.54, 1.807) is 0 Å². The number of carbonyl (C=O) groups is 1. The molecular weight excluding hydrogens is 246 g/mol. The van der Waals surface area contributed by atoms with Gasteiger partial charge in [0.1, 0.15) is 5.88 Å². The van der Waals surface area contributed by atoms with E-state index in [9.17, 15) is 4.79 Å². The molecule has 0 spiro atoms. The highest BCUT2D eigenvalue weighted by molar-refractivity contribution is 6.27. The molecule has 0 bridgehead atoms. The number of nitrogens with one attached hydrogen (secondary N) is 1. The lowest BCUT2D eigenvalue weighted by atomic mass is 9.80. The first-order valence-corrected chi connectivity index (χ1v) is 7.00. The lowest BCUT2D eigenvalue weighted by Crippen LogP contribution is -2.37. The molecule has 0 aromatic heterocycles. The SMILES string of the molecule is CC(C)(CNC(=O)CCl)c1ccccc1C1CC1. The van der Waals surface area contributed by atoms with Gasteiger partial charge in [-0.1, -0.05) is 38.1 Å². The average molecular weight is 266 g/mol. The fraction of sp³-hybridized carbons (Fsp3) is 0.533. The Morgan fingerprint density at radius 3 is 2.67 bits per heavy atom. The first kappa shape index (κ1) is 13.4. The van der Waals surface area contributed by atoms with Gasteiger partial charge in [0.05, 0.1) is 0 Å². The minimum atomic E-state index is -0.103. The summed E-state index contributed by atoms with van der Waals surface area (Å²) in [5.74, 6) is 0.651. The van der Waals surface area contributed by atoms with E-state index in [4.69, 9.17) is 11.6 Å². The van der Waals surface area contributed by atoms with Crippen LogP contribution in [-0.2, 0) is 10.2 Å². The van der Waals surface area contributed by atoms with Crippen LogP contribution in [0.5, 0.6) is 0 Å². The molecule has 0 atom stereocenters. The minimum Gasteiger partial charge on any atom is -0.354 e. The first-order chi connectivity index (χ1) is 8.54. The summed E-state index contributed by atoms with van der Waals surface area (Å²) in [5, 5.41) is 2.89. The monoisotopic (exact) mass is 265 g/mol. The summed E-state index contributed by atoms with van der Waals surface area (Å²) >= 11 is 5.51. The van der Waals surface area contributed by atoms with Gasteiger partial charge in [0.25, 0.3) is 0 Å². The predicted octanol–water partition coefficient (Wildman–Crippen LogP) is 3.20. The Kier molecular flexibility index (Phi) is 3.96. The lowest BCUT2D eigenvalue weighted by molar-refractivity contribution is -0.118. The number of halogens is 1. The van der Waals surface area contributed by atoms with Gasteiger partial charge in [-0.2, -0.15) is 0 Å². The second-order valence-corrected chi connectivity index (χ2v) is 5.92. The topological polar surface area (TPSA) is 29.1 Å². The molecule has 1 saturated carbocycles. The summed E-state index contributed by atoms with van der Waals surface area (Å²) in [7, 11) is 0. The van der Waals surface area contributed by atoms with Crippen LogP contribution in [0.15, 0.2) is 24.3 Å². The molecule has 0 radical (unpaired) electrons. The van der Waals surface area contributed by atoms with Crippen molar-refractivity contribution < 1.29 is 4.79 Å². The van der Waals surface area contributed by atoms with Crippen LogP contribution in [0.3, 0.4) is 0 Å². The maximum Gasteiger partial charge on any atom is 0.234 e. The number of benzene rings is 1. The van der Waals surface area contributed by atoms with Crippen molar-refractivity contribution in [2.24, 2.45) is 0 Å². The van der Waals surface area contributed by atoms with Crippen LogP contribution >= 0.6 is 11.6 Å². The summed E-state index contributed by atoms with van der Waals surface area (Å²) < 4.78 is 0. The zero-order valence-electron chi connectivity index (χ0n) is 11.0. The summed E-state index contributed by atoms with van der Waals surface area (Å²) in [4.78, 5) is 11.3. The van der Waals surface area contributed by atoms with Crippen LogP contribution in [0.2, 0.25) is 0 Å². The normalized spacial score (nSPS) is 15.5. The molecule has 18 heavy (non-hydrogen) atoms. The smallest absolute Gasteiger partial charge is 0.234 e. The van der Waals surface area contributed by atoms with Crippen molar-refractivity contribution in [1.82, 2.24) is 5.32 Å². The molecule has 0 unspecified atom stereocenters. The van der Waals surface area contributed by atoms with Gasteiger partial charge in [-0.05, 0) is 29.9 Å². The predicted molar refractivity (Wildman–Crippen MR) is 75.2 cm³/mol. The Labute approximate surface area is 114 Å². The van der Waals surface area contributed by atoms with E-state index in [1.165, 1.54) is 24.0 Å². The van der Waals surface area contributed by atoms with E-state index in [1.807, 2.05) is 0 Å². The van der Waals surface area contributed by atoms with Crippen molar-refractivity contribution in [1.29, 1.82) is 0 Å². The summed E-state index contributed by atoms with van der Waals surface area (Å²) in [6.07, 6.45) is 2.59. The fourth-order valence-electron chi connectivity index (χ4n) is 2.33. The van der Waals surface area contributed by atoms with Gasteiger partial charge in [-0.15, -0.1) is 11.6 Å². The molecule has 1 aromatic rings. The highest BCUT2D eigenvalue weighted by Gasteiger charge is 2.31. The molecule has 0 heterocycles. The maximum atomic E-state index is 11.3. The molecule has 98 valence electrons. The highest BCUT2D eigenvalue weighted by atomic mass is 35.5. The Hall–Kier alpha value is -1.02. The van der Waals surface area contributed by atoms with Gasteiger partial charge < -0.3 is 5.32 Å². The van der Waals surface area contributed by atoms with Crippen LogP contribution < -0.4 is 5.32 Å². The third-order valence-corrected chi connectivity index (χ3v) is 3.80. The van der Waals surface area contributed by atoms with Crippen LogP contribution in [0.4, 0.5) is 0 Å². The first-order valence-electron chi connectivity index (χ1n) is 6.46. The van der Waals surface area contributed by atoms with Crippen LogP contribution in [0.25, 0.3) is 0 Å². The molecular formula is C15H20ClNO. The molecule has 2 rings (SSSR count). The Morgan fingerprint density at radius 1 is 1.39 bits per heavy atom. The Balaban J connectivity index is 2.15. The molecule has 0 saturated heterocycles. The molecule has 2 nitrogen and oxygen atoms in total. The molecule has 1 N–H and O–H groups in total. The van der Waals surface area contributed by atoms with Gasteiger partial charge >= 0.3 is 0 Å². The van der Waals surface area contributed by atoms with Crippen LogP contribution in [0.1, 0.15) is 43.7 Å². The van der Waals surface area contributed by atoms with Crippen molar-refractivity contribution in [2.45, 2.75) is 38.0 Å². The van der Waals surface area contributed by atoms with E-state index < -0.39 is 0 Å². The lowest BCUT2D eigenvalue weighted by Gasteiger charge is -2.28. The Bertz CT molecular complexity index is 438. The van der Waals surface area contributed by atoms with E-state index in [2.05, 4.69) is 43.4 Å². The van der Waals surface area contributed by atoms with E-state index >= 15 is 0 Å². The minimum absolute atomic E-state index is 0.0281. The molecule has 1 fully saturated rings. The highest BCUT2D eigenvalue weighted by Crippen LogP contribution is 2.44. The molecule has 0 aliphatic heterocycles. The third kappa shape index (κ3) is 3.05. The second kappa shape index (κ2) is 5.31. The van der Waals surface area contributed by atoms with E-state index in [-0.39, 0.29) is 17.2 Å². The Morgan fingerprint density at radius 2 is 2.06 bits per heavy atom. The zero-order valence-corrected chi connectivity index (χ0v) is 11.8. The molecule has 1 aliphatic rings. The quantitative estimate of drug-likeness (QED) is 0.814. The fourth-order valence-corrected chi connectivity index (χ4v) is 2.42. The van der Waals surface area contributed by atoms with Crippen molar-refractivity contribution >= 4 is 17.5 Å². The number of rotatable bonds is 5. The summed E-state index contributed by atoms with van der Waals surface area (Å²) in [5.41, 5.74) is 2.74. The van der Waals surface area contributed by atoms with E-state index in [0.717, 1.165) is 5.92 Å². The second-order valence-electron chi connectivity index (χ2n) is 5.66. The third-order valence-electron chi connectivity index (χ3n) is 3.56. The average Bonchev–Trinajstić information content (AvgIpc) is 3.20. The largest absolute Gasteiger partial charge is 0.354 e. The van der Waals surface area contributed by atoms with E-state index in [0.29, 0.717) is 6.54 Å².